The number of benzene rings is 2. The Kier molecular flexibility index (Phi) is 8.09. The van der Waals surface area contributed by atoms with Crippen molar-refractivity contribution in [3.05, 3.63) is 48.5 Å². The van der Waals surface area contributed by atoms with Crippen molar-refractivity contribution in [1.29, 1.82) is 0 Å². The van der Waals surface area contributed by atoms with Gasteiger partial charge in [0.05, 0.1) is 0 Å². The van der Waals surface area contributed by atoms with Crippen LogP contribution in [0.2, 0.25) is 0 Å². The highest BCUT2D eigenvalue weighted by Crippen LogP contribution is 2.11. The third kappa shape index (κ3) is 5.98. The molecule has 0 aliphatic rings. The normalized spacial score (nSPS) is 10.3. The van der Waals surface area contributed by atoms with E-state index in [0.717, 1.165) is 0 Å². The molecule has 0 atom stereocenters. The predicted molar refractivity (Wildman–Crippen MR) is 81.4 cm³/mol. The molecule has 104 valence electrons. The molecule has 0 unspecified atom stereocenters. The van der Waals surface area contributed by atoms with Crippen LogP contribution in [-0.4, -0.2) is 29.9 Å². The van der Waals surface area contributed by atoms with Gasteiger partial charge in [0.15, 0.2) is 0 Å². The van der Waals surface area contributed by atoms with Crippen LogP contribution in [0.5, 0.6) is 0 Å². The molecule has 4 heteroatoms. The Labute approximate surface area is 117 Å². The molecule has 2 aromatic carbocycles. The molecule has 0 radical (unpaired) electrons. The molecular weight excluding hydrogens is 256 g/mol. The van der Waals surface area contributed by atoms with Crippen LogP contribution in [-0.2, 0) is 13.3 Å². The Morgan fingerprint density at radius 1 is 0.789 bits per heavy atom. The lowest BCUT2D eigenvalue weighted by Gasteiger charge is -2.10. The maximum absolute atomic E-state index is 5.13. The molecule has 0 saturated heterocycles. The van der Waals surface area contributed by atoms with Crippen LogP contribution >= 0.6 is 0 Å². The Morgan fingerprint density at radius 2 is 1.16 bits per heavy atom. The second-order valence-electron chi connectivity index (χ2n) is 3.78. The number of rotatable bonds is 5. The molecule has 0 bridgehead atoms. The summed E-state index contributed by atoms with van der Waals surface area (Å²) in [6.45, 7) is 5.20. The summed E-state index contributed by atoms with van der Waals surface area (Å²) in [7, 11) is -0.0997. The minimum Gasteiger partial charge on any atom is -0.379 e. The highest BCUT2D eigenvalue weighted by atomic mass is 28.3. The van der Waals surface area contributed by atoms with E-state index >= 15 is 0 Å². The van der Waals surface area contributed by atoms with Crippen LogP contribution < -0.4 is 0 Å². The molecule has 0 heterocycles. The van der Waals surface area contributed by atoms with Crippen LogP contribution in [0.15, 0.2) is 48.5 Å². The SMILES string of the molecule is CCO[SiH](OC)OCC.c1ccc2ccccc2c1. The summed E-state index contributed by atoms with van der Waals surface area (Å²) in [5, 5.41) is 2.62. The molecule has 3 nitrogen and oxygen atoms in total. The van der Waals surface area contributed by atoms with Gasteiger partial charge in [-0.05, 0) is 24.6 Å². The highest BCUT2D eigenvalue weighted by molar-refractivity contribution is 6.36. The zero-order valence-corrected chi connectivity index (χ0v) is 13.0. The molecule has 0 spiro atoms. The predicted octanol–water partition coefficient (Wildman–Crippen LogP) is 3.26. The fraction of sp³-hybridized carbons (Fsp3) is 0.333. The van der Waals surface area contributed by atoms with Crippen molar-refractivity contribution in [3.8, 4) is 0 Å². The van der Waals surface area contributed by atoms with E-state index in [1.54, 1.807) is 7.11 Å². The van der Waals surface area contributed by atoms with Crippen LogP contribution in [0.3, 0.4) is 0 Å². The van der Waals surface area contributed by atoms with Crippen molar-refractivity contribution in [2.75, 3.05) is 20.3 Å². The van der Waals surface area contributed by atoms with Crippen molar-refractivity contribution in [2.45, 2.75) is 13.8 Å². The summed E-state index contributed by atoms with van der Waals surface area (Å²) in [5.74, 6) is 0. The Balaban J connectivity index is 0.000000192. The van der Waals surface area contributed by atoms with Crippen LogP contribution in [0, 0.1) is 0 Å². The number of fused-ring (bicyclic) bond motifs is 1. The van der Waals surface area contributed by atoms with Gasteiger partial charge in [0.25, 0.3) is 0 Å². The maximum atomic E-state index is 5.13. The highest BCUT2D eigenvalue weighted by Gasteiger charge is 2.09. The summed E-state index contributed by atoms with van der Waals surface area (Å²) in [6.07, 6.45) is 0. The average Bonchev–Trinajstić information content (AvgIpc) is 2.48. The first-order valence-corrected chi connectivity index (χ1v) is 7.93. The zero-order valence-electron chi connectivity index (χ0n) is 11.8. The van der Waals surface area contributed by atoms with Gasteiger partial charge < -0.3 is 13.3 Å². The molecule has 2 aromatic rings. The third-order valence-corrected chi connectivity index (χ3v) is 4.05. The van der Waals surface area contributed by atoms with E-state index in [4.69, 9.17) is 13.3 Å². The van der Waals surface area contributed by atoms with Crippen molar-refractivity contribution < 1.29 is 13.3 Å². The largest absolute Gasteiger partial charge is 0.483 e. The van der Waals surface area contributed by atoms with Gasteiger partial charge in [-0.15, -0.1) is 0 Å². The smallest absolute Gasteiger partial charge is 0.379 e. The van der Waals surface area contributed by atoms with Crippen LogP contribution in [0.4, 0.5) is 0 Å². The van der Waals surface area contributed by atoms with E-state index in [1.807, 2.05) is 13.8 Å². The molecule has 0 amide bonds. The second-order valence-corrected chi connectivity index (χ2v) is 5.50. The molecule has 0 aliphatic heterocycles. The molecule has 0 aromatic heterocycles. The summed E-state index contributed by atoms with van der Waals surface area (Å²) < 4.78 is 15.2. The van der Waals surface area contributed by atoms with Gasteiger partial charge in [0, 0.05) is 20.3 Å². The number of hydrogen-bond acceptors (Lipinski definition) is 3. The lowest BCUT2D eigenvalue weighted by atomic mass is 10.1. The Morgan fingerprint density at radius 3 is 1.42 bits per heavy atom. The van der Waals surface area contributed by atoms with Crippen molar-refractivity contribution in [1.82, 2.24) is 0 Å². The Hall–Kier alpha value is -1.20. The van der Waals surface area contributed by atoms with Gasteiger partial charge in [-0.1, -0.05) is 48.5 Å². The van der Waals surface area contributed by atoms with Crippen LogP contribution in [0.25, 0.3) is 10.8 Å². The topological polar surface area (TPSA) is 27.7 Å². The quantitative estimate of drug-likeness (QED) is 0.786. The average molecular weight is 278 g/mol. The molecule has 0 fully saturated rings. The lowest BCUT2D eigenvalue weighted by Crippen LogP contribution is -2.25. The molecule has 0 aliphatic carbocycles. The first kappa shape index (κ1) is 15.9. The van der Waals surface area contributed by atoms with Gasteiger partial charge >= 0.3 is 9.53 Å². The summed E-state index contributed by atoms with van der Waals surface area (Å²) in [6, 6.07) is 16.7. The molecule has 19 heavy (non-hydrogen) atoms. The summed E-state index contributed by atoms with van der Waals surface area (Å²) >= 11 is 0. The standard InChI is InChI=1S/C10H8.C5H14O3Si/c1-2-6-10-8-4-3-7-9(10)5-1;1-4-7-9(6-3)8-5-2/h1-8H;9H,4-5H2,1-3H3. The maximum Gasteiger partial charge on any atom is 0.483 e. The van der Waals surface area contributed by atoms with E-state index in [9.17, 15) is 0 Å². The Bertz CT molecular complexity index is 390. The van der Waals surface area contributed by atoms with Gasteiger partial charge in [-0.3, -0.25) is 0 Å². The monoisotopic (exact) mass is 278 g/mol. The number of hydrogen-bond donors (Lipinski definition) is 0. The van der Waals surface area contributed by atoms with E-state index in [0.29, 0.717) is 13.2 Å². The second kappa shape index (κ2) is 9.69. The van der Waals surface area contributed by atoms with Crippen molar-refractivity contribution in [2.24, 2.45) is 0 Å². The van der Waals surface area contributed by atoms with E-state index < -0.39 is 9.53 Å². The van der Waals surface area contributed by atoms with Crippen LogP contribution in [0.1, 0.15) is 13.8 Å². The lowest BCUT2D eigenvalue weighted by molar-refractivity contribution is 0.123. The van der Waals surface area contributed by atoms with E-state index in [-0.39, 0.29) is 0 Å². The summed E-state index contributed by atoms with van der Waals surface area (Å²) in [5.41, 5.74) is 0. The van der Waals surface area contributed by atoms with E-state index in [1.165, 1.54) is 10.8 Å². The molecule has 0 N–H and O–H groups in total. The first-order valence-electron chi connectivity index (χ1n) is 6.51. The third-order valence-electron chi connectivity index (χ3n) is 2.46. The molecule has 0 saturated carbocycles. The van der Waals surface area contributed by atoms with Crippen molar-refractivity contribution >= 4 is 20.3 Å². The zero-order chi connectivity index (χ0) is 13.9. The molecule has 2 rings (SSSR count). The first-order chi connectivity index (χ1) is 9.31. The fourth-order valence-corrected chi connectivity index (χ4v) is 2.50. The van der Waals surface area contributed by atoms with Gasteiger partial charge in [0.2, 0.25) is 0 Å². The van der Waals surface area contributed by atoms with Crippen molar-refractivity contribution in [3.63, 3.8) is 0 Å². The molecular formula is C15H22O3Si. The van der Waals surface area contributed by atoms with Gasteiger partial charge in [-0.25, -0.2) is 0 Å². The fourth-order valence-electron chi connectivity index (χ4n) is 1.59. The summed E-state index contributed by atoms with van der Waals surface area (Å²) in [4.78, 5) is 0. The van der Waals surface area contributed by atoms with E-state index in [2.05, 4.69) is 48.5 Å². The van der Waals surface area contributed by atoms with Gasteiger partial charge in [-0.2, -0.15) is 0 Å². The minimum atomic E-state index is -1.71. The minimum absolute atomic E-state index is 0.671. The van der Waals surface area contributed by atoms with Gasteiger partial charge in [0.1, 0.15) is 0 Å².